The smallest absolute Gasteiger partial charge is 0.154 e. The van der Waals surface area contributed by atoms with Crippen molar-refractivity contribution in [1.29, 1.82) is 0 Å². The zero-order chi connectivity index (χ0) is 10.7. The van der Waals surface area contributed by atoms with Crippen molar-refractivity contribution in [1.82, 2.24) is 0 Å². The SMILES string of the molecule is COc1ccccc1CC1CSC(N)=N1. The molecule has 0 fully saturated rings. The largest absolute Gasteiger partial charge is 0.496 e. The van der Waals surface area contributed by atoms with Crippen molar-refractivity contribution >= 4 is 16.9 Å². The maximum atomic E-state index is 5.63. The third kappa shape index (κ3) is 2.45. The number of benzene rings is 1. The van der Waals surface area contributed by atoms with Gasteiger partial charge in [-0.3, -0.25) is 4.99 Å². The van der Waals surface area contributed by atoms with Crippen LogP contribution in [0, 0.1) is 0 Å². The highest BCUT2D eigenvalue weighted by molar-refractivity contribution is 8.14. The summed E-state index contributed by atoms with van der Waals surface area (Å²) in [7, 11) is 1.69. The van der Waals surface area contributed by atoms with Gasteiger partial charge in [0, 0.05) is 5.75 Å². The molecule has 0 saturated heterocycles. The third-order valence-corrected chi connectivity index (χ3v) is 3.33. The number of nitrogens with zero attached hydrogens (tertiary/aromatic N) is 1. The summed E-state index contributed by atoms with van der Waals surface area (Å²) in [6, 6.07) is 8.35. The molecule has 0 spiro atoms. The molecule has 1 aromatic rings. The number of hydrogen-bond acceptors (Lipinski definition) is 4. The maximum Gasteiger partial charge on any atom is 0.154 e. The first-order chi connectivity index (χ1) is 7.29. The number of para-hydroxylation sites is 1. The van der Waals surface area contributed by atoms with Gasteiger partial charge in [-0.05, 0) is 18.1 Å². The van der Waals surface area contributed by atoms with Gasteiger partial charge in [-0.2, -0.15) is 0 Å². The second kappa shape index (κ2) is 4.57. The predicted molar refractivity (Wildman–Crippen MR) is 64.6 cm³/mol. The van der Waals surface area contributed by atoms with Crippen LogP contribution in [0.25, 0.3) is 0 Å². The minimum absolute atomic E-state index is 0.297. The lowest BCUT2D eigenvalue weighted by Crippen LogP contribution is -2.09. The van der Waals surface area contributed by atoms with Crippen LogP contribution in [0.1, 0.15) is 5.56 Å². The van der Waals surface area contributed by atoms with Crippen LogP contribution in [0.3, 0.4) is 0 Å². The number of amidine groups is 1. The van der Waals surface area contributed by atoms with Crippen LogP contribution in [0.5, 0.6) is 5.75 Å². The molecule has 1 unspecified atom stereocenters. The number of ether oxygens (including phenoxy) is 1. The number of rotatable bonds is 3. The molecule has 2 N–H and O–H groups in total. The Labute approximate surface area is 93.7 Å². The van der Waals surface area contributed by atoms with Crippen LogP contribution in [0.4, 0.5) is 0 Å². The van der Waals surface area contributed by atoms with Crippen LogP contribution in [0.2, 0.25) is 0 Å². The molecule has 4 heteroatoms. The van der Waals surface area contributed by atoms with Gasteiger partial charge in [0.15, 0.2) is 5.17 Å². The third-order valence-electron chi connectivity index (χ3n) is 2.38. The van der Waals surface area contributed by atoms with E-state index < -0.39 is 0 Å². The molecule has 0 amide bonds. The van der Waals surface area contributed by atoms with E-state index in [2.05, 4.69) is 11.1 Å². The standard InChI is InChI=1S/C11H14N2OS/c1-14-10-5-3-2-4-8(10)6-9-7-15-11(12)13-9/h2-5,9H,6-7H2,1H3,(H2,12,13). The van der Waals surface area contributed by atoms with Crippen LogP contribution in [-0.2, 0) is 6.42 Å². The Morgan fingerprint density at radius 2 is 2.33 bits per heavy atom. The molecule has 80 valence electrons. The van der Waals surface area contributed by atoms with Gasteiger partial charge < -0.3 is 10.5 Å². The molecule has 1 atom stereocenters. The zero-order valence-electron chi connectivity index (χ0n) is 8.64. The Kier molecular flexibility index (Phi) is 3.16. The van der Waals surface area contributed by atoms with Crippen molar-refractivity contribution in [3.05, 3.63) is 29.8 Å². The lowest BCUT2D eigenvalue weighted by Gasteiger charge is -2.10. The monoisotopic (exact) mass is 222 g/mol. The van der Waals surface area contributed by atoms with E-state index in [9.17, 15) is 0 Å². The van der Waals surface area contributed by atoms with E-state index in [4.69, 9.17) is 10.5 Å². The summed E-state index contributed by atoms with van der Waals surface area (Å²) in [6.45, 7) is 0. The predicted octanol–water partition coefficient (Wildman–Crippen LogP) is 1.67. The van der Waals surface area contributed by atoms with Crippen molar-refractivity contribution < 1.29 is 4.74 Å². The summed E-state index contributed by atoms with van der Waals surface area (Å²) < 4.78 is 5.30. The Bertz CT molecular complexity index is 379. The molecule has 0 bridgehead atoms. The molecule has 1 aliphatic heterocycles. The summed E-state index contributed by atoms with van der Waals surface area (Å²) in [6.07, 6.45) is 0.901. The Hall–Kier alpha value is -1.16. The number of thioether (sulfide) groups is 1. The highest BCUT2D eigenvalue weighted by Crippen LogP contribution is 2.24. The second-order valence-corrected chi connectivity index (χ2v) is 4.49. The van der Waals surface area contributed by atoms with Crippen molar-refractivity contribution in [3.8, 4) is 5.75 Å². The summed E-state index contributed by atoms with van der Waals surface area (Å²) in [5, 5.41) is 0.704. The highest BCUT2D eigenvalue weighted by atomic mass is 32.2. The van der Waals surface area contributed by atoms with Gasteiger partial charge in [0.1, 0.15) is 5.75 Å². The van der Waals surface area contributed by atoms with Crippen molar-refractivity contribution in [2.75, 3.05) is 12.9 Å². The molecule has 0 aliphatic carbocycles. The minimum Gasteiger partial charge on any atom is -0.496 e. The van der Waals surface area contributed by atoms with Crippen LogP contribution in [-0.4, -0.2) is 24.1 Å². The van der Waals surface area contributed by atoms with E-state index in [1.54, 1.807) is 18.9 Å². The number of methoxy groups -OCH3 is 1. The van der Waals surface area contributed by atoms with Crippen LogP contribution < -0.4 is 10.5 Å². The molecular formula is C11H14N2OS. The molecule has 1 heterocycles. The minimum atomic E-state index is 0.297. The molecular weight excluding hydrogens is 208 g/mol. The topological polar surface area (TPSA) is 47.6 Å². The lowest BCUT2D eigenvalue weighted by molar-refractivity contribution is 0.408. The maximum absolute atomic E-state index is 5.63. The lowest BCUT2D eigenvalue weighted by atomic mass is 10.1. The van der Waals surface area contributed by atoms with Crippen molar-refractivity contribution in [2.24, 2.45) is 10.7 Å². The Morgan fingerprint density at radius 1 is 1.53 bits per heavy atom. The molecule has 3 nitrogen and oxygen atoms in total. The summed E-state index contributed by atoms with van der Waals surface area (Å²) in [4.78, 5) is 4.36. The van der Waals surface area contributed by atoms with Crippen molar-refractivity contribution in [2.45, 2.75) is 12.5 Å². The average Bonchev–Trinajstić information content (AvgIpc) is 2.65. The second-order valence-electron chi connectivity index (χ2n) is 3.45. The summed E-state index contributed by atoms with van der Waals surface area (Å²) in [5.41, 5.74) is 6.83. The van der Waals surface area contributed by atoms with E-state index in [0.29, 0.717) is 11.2 Å². The normalized spacial score (nSPS) is 20.1. The van der Waals surface area contributed by atoms with Gasteiger partial charge in [0.2, 0.25) is 0 Å². The fourth-order valence-electron chi connectivity index (χ4n) is 1.67. The fourth-order valence-corrected chi connectivity index (χ4v) is 2.45. The quantitative estimate of drug-likeness (QED) is 0.846. The molecule has 1 aliphatic rings. The molecule has 1 aromatic carbocycles. The molecule has 0 saturated carbocycles. The first kappa shape index (κ1) is 10.4. The van der Waals surface area contributed by atoms with E-state index in [1.165, 1.54) is 5.56 Å². The first-order valence-corrected chi connectivity index (χ1v) is 5.86. The molecule has 0 radical (unpaired) electrons. The number of nitrogens with two attached hydrogens (primary N) is 1. The zero-order valence-corrected chi connectivity index (χ0v) is 9.46. The van der Waals surface area contributed by atoms with Gasteiger partial charge in [0.05, 0.1) is 13.2 Å². The molecule has 0 aromatic heterocycles. The van der Waals surface area contributed by atoms with E-state index >= 15 is 0 Å². The highest BCUT2D eigenvalue weighted by Gasteiger charge is 2.17. The summed E-state index contributed by atoms with van der Waals surface area (Å²) >= 11 is 1.62. The Morgan fingerprint density at radius 3 is 3.00 bits per heavy atom. The van der Waals surface area contributed by atoms with E-state index in [0.717, 1.165) is 17.9 Å². The summed E-state index contributed by atoms with van der Waals surface area (Å²) in [5.74, 6) is 1.91. The van der Waals surface area contributed by atoms with Crippen molar-refractivity contribution in [3.63, 3.8) is 0 Å². The average molecular weight is 222 g/mol. The van der Waals surface area contributed by atoms with E-state index in [1.807, 2.05) is 18.2 Å². The number of hydrogen-bond donors (Lipinski definition) is 1. The van der Waals surface area contributed by atoms with Gasteiger partial charge in [-0.15, -0.1) is 0 Å². The van der Waals surface area contributed by atoms with Gasteiger partial charge in [-0.25, -0.2) is 0 Å². The van der Waals surface area contributed by atoms with Gasteiger partial charge in [0.25, 0.3) is 0 Å². The molecule has 15 heavy (non-hydrogen) atoms. The fraction of sp³-hybridized carbons (Fsp3) is 0.364. The first-order valence-electron chi connectivity index (χ1n) is 4.87. The van der Waals surface area contributed by atoms with Crippen LogP contribution in [0.15, 0.2) is 29.3 Å². The number of aliphatic imine (C=N–C) groups is 1. The van der Waals surface area contributed by atoms with E-state index in [-0.39, 0.29) is 0 Å². The van der Waals surface area contributed by atoms with Gasteiger partial charge in [-0.1, -0.05) is 30.0 Å². The Balaban J connectivity index is 2.10. The van der Waals surface area contributed by atoms with Crippen LogP contribution >= 0.6 is 11.8 Å². The molecule has 2 rings (SSSR count). The van der Waals surface area contributed by atoms with Gasteiger partial charge >= 0.3 is 0 Å².